The van der Waals surface area contributed by atoms with Gasteiger partial charge in [-0.15, -0.1) is 0 Å². The number of likely N-dealkylation sites (N-methyl/N-ethyl adjacent to an activating group) is 1. The van der Waals surface area contributed by atoms with Gasteiger partial charge in [0.1, 0.15) is 11.6 Å². The molecule has 2 N–H and O–H groups in total. The van der Waals surface area contributed by atoms with Crippen molar-refractivity contribution < 1.29 is 9.50 Å². The van der Waals surface area contributed by atoms with Crippen molar-refractivity contribution in [2.75, 3.05) is 26.7 Å². The summed E-state index contributed by atoms with van der Waals surface area (Å²) in [5, 5.41) is 12.6. The van der Waals surface area contributed by atoms with Crippen LogP contribution in [0.2, 0.25) is 0 Å². The molecular weight excluding hydrogens is 207 g/mol. The van der Waals surface area contributed by atoms with E-state index in [1.807, 2.05) is 7.05 Å². The van der Waals surface area contributed by atoms with Crippen LogP contribution in [0.5, 0.6) is 5.75 Å². The summed E-state index contributed by atoms with van der Waals surface area (Å²) in [4.78, 5) is 2.18. The van der Waals surface area contributed by atoms with Gasteiger partial charge in [-0.05, 0) is 31.8 Å². The third kappa shape index (κ3) is 4.16. The SMILES string of the molecule is CCN(C)CCNCc1cc(F)ccc1O. The molecule has 0 fully saturated rings. The molecule has 0 aliphatic carbocycles. The highest BCUT2D eigenvalue weighted by Gasteiger charge is 2.02. The summed E-state index contributed by atoms with van der Waals surface area (Å²) in [6, 6.07) is 3.99. The zero-order chi connectivity index (χ0) is 12.0. The van der Waals surface area contributed by atoms with Crippen LogP contribution in [0.4, 0.5) is 4.39 Å². The number of phenolic OH excluding ortho intramolecular Hbond substituents is 1. The maximum atomic E-state index is 12.9. The fourth-order valence-corrected chi connectivity index (χ4v) is 1.35. The molecule has 1 aromatic rings. The molecule has 0 radical (unpaired) electrons. The van der Waals surface area contributed by atoms with Crippen LogP contribution in [-0.4, -0.2) is 36.7 Å². The van der Waals surface area contributed by atoms with E-state index >= 15 is 0 Å². The summed E-state index contributed by atoms with van der Waals surface area (Å²) in [7, 11) is 2.04. The van der Waals surface area contributed by atoms with E-state index in [9.17, 15) is 9.50 Å². The lowest BCUT2D eigenvalue weighted by molar-refractivity contribution is 0.348. The molecule has 0 heterocycles. The van der Waals surface area contributed by atoms with Gasteiger partial charge in [0.25, 0.3) is 0 Å². The third-order valence-corrected chi connectivity index (χ3v) is 2.57. The second-order valence-corrected chi connectivity index (χ2v) is 3.85. The average molecular weight is 226 g/mol. The fourth-order valence-electron chi connectivity index (χ4n) is 1.35. The van der Waals surface area contributed by atoms with Crippen LogP contribution in [0, 0.1) is 5.82 Å². The van der Waals surface area contributed by atoms with Crippen molar-refractivity contribution in [3.05, 3.63) is 29.6 Å². The summed E-state index contributed by atoms with van der Waals surface area (Å²) in [5.41, 5.74) is 0.596. The smallest absolute Gasteiger partial charge is 0.123 e. The van der Waals surface area contributed by atoms with Gasteiger partial charge in [-0.1, -0.05) is 6.92 Å². The zero-order valence-corrected chi connectivity index (χ0v) is 9.83. The molecule has 0 unspecified atom stereocenters. The van der Waals surface area contributed by atoms with Gasteiger partial charge in [0.05, 0.1) is 0 Å². The molecule has 0 atom stereocenters. The Morgan fingerprint density at radius 1 is 1.44 bits per heavy atom. The molecule has 90 valence electrons. The summed E-state index contributed by atoms with van der Waals surface area (Å²) < 4.78 is 12.9. The lowest BCUT2D eigenvalue weighted by atomic mass is 10.2. The number of benzene rings is 1. The first-order valence-electron chi connectivity index (χ1n) is 5.50. The number of aromatic hydroxyl groups is 1. The predicted molar refractivity (Wildman–Crippen MR) is 62.9 cm³/mol. The molecule has 0 amide bonds. The maximum absolute atomic E-state index is 12.9. The van der Waals surface area contributed by atoms with Crippen molar-refractivity contribution in [2.24, 2.45) is 0 Å². The Hall–Kier alpha value is -1.13. The maximum Gasteiger partial charge on any atom is 0.123 e. The molecule has 0 saturated carbocycles. The summed E-state index contributed by atoms with van der Waals surface area (Å²) in [6.45, 7) is 5.35. The largest absolute Gasteiger partial charge is 0.508 e. The molecule has 0 aliphatic heterocycles. The molecule has 0 saturated heterocycles. The second-order valence-electron chi connectivity index (χ2n) is 3.85. The molecule has 0 aliphatic rings. The highest BCUT2D eigenvalue weighted by atomic mass is 19.1. The fraction of sp³-hybridized carbons (Fsp3) is 0.500. The third-order valence-electron chi connectivity index (χ3n) is 2.57. The normalized spacial score (nSPS) is 11.0. The van der Waals surface area contributed by atoms with Crippen molar-refractivity contribution in [1.29, 1.82) is 0 Å². The average Bonchev–Trinajstić information content (AvgIpc) is 2.28. The van der Waals surface area contributed by atoms with Gasteiger partial charge in [0.15, 0.2) is 0 Å². The predicted octanol–water partition coefficient (Wildman–Crippen LogP) is 1.57. The molecule has 16 heavy (non-hydrogen) atoms. The van der Waals surface area contributed by atoms with Crippen LogP contribution in [0.3, 0.4) is 0 Å². The Morgan fingerprint density at radius 2 is 2.19 bits per heavy atom. The van der Waals surface area contributed by atoms with Gasteiger partial charge in [0.2, 0.25) is 0 Å². The topological polar surface area (TPSA) is 35.5 Å². The number of halogens is 1. The minimum absolute atomic E-state index is 0.137. The van der Waals surface area contributed by atoms with Crippen molar-refractivity contribution in [3.63, 3.8) is 0 Å². The lowest BCUT2D eigenvalue weighted by Crippen LogP contribution is -2.28. The molecule has 4 heteroatoms. The van der Waals surface area contributed by atoms with Crippen LogP contribution in [0.25, 0.3) is 0 Å². The number of hydrogen-bond donors (Lipinski definition) is 2. The Balaban J connectivity index is 2.34. The number of nitrogens with one attached hydrogen (secondary N) is 1. The van der Waals surface area contributed by atoms with Crippen LogP contribution < -0.4 is 5.32 Å². The molecule has 3 nitrogen and oxygen atoms in total. The number of hydrogen-bond acceptors (Lipinski definition) is 3. The molecule has 0 bridgehead atoms. The molecule has 0 aromatic heterocycles. The van der Waals surface area contributed by atoms with Crippen molar-refractivity contribution in [1.82, 2.24) is 10.2 Å². The van der Waals surface area contributed by atoms with E-state index < -0.39 is 0 Å². The Bertz CT molecular complexity index is 331. The van der Waals surface area contributed by atoms with E-state index in [0.29, 0.717) is 12.1 Å². The Kier molecular flexibility index (Phi) is 5.22. The van der Waals surface area contributed by atoms with Crippen LogP contribution >= 0.6 is 0 Å². The van der Waals surface area contributed by atoms with Gasteiger partial charge in [-0.3, -0.25) is 0 Å². The van der Waals surface area contributed by atoms with E-state index in [1.165, 1.54) is 18.2 Å². The van der Waals surface area contributed by atoms with Crippen LogP contribution in [0.1, 0.15) is 12.5 Å². The summed E-state index contributed by atoms with van der Waals surface area (Å²) >= 11 is 0. The van der Waals surface area contributed by atoms with Gasteiger partial charge < -0.3 is 15.3 Å². The first-order chi connectivity index (χ1) is 7.63. The van der Waals surface area contributed by atoms with E-state index in [4.69, 9.17) is 0 Å². The van der Waals surface area contributed by atoms with Crippen molar-refractivity contribution in [3.8, 4) is 5.75 Å². The van der Waals surface area contributed by atoms with Crippen molar-refractivity contribution >= 4 is 0 Å². The minimum Gasteiger partial charge on any atom is -0.508 e. The van der Waals surface area contributed by atoms with Gasteiger partial charge in [-0.2, -0.15) is 0 Å². The molecule has 1 rings (SSSR count). The van der Waals surface area contributed by atoms with Crippen molar-refractivity contribution in [2.45, 2.75) is 13.5 Å². The standard InChI is InChI=1S/C12H19FN2O/c1-3-15(2)7-6-14-9-10-8-11(13)4-5-12(10)16/h4-5,8,14,16H,3,6-7,9H2,1-2H3. The van der Waals surface area contributed by atoms with Gasteiger partial charge >= 0.3 is 0 Å². The van der Waals surface area contributed by atoms with Gasteiger partial charge in [0, 0.05) is 25.2 Å². The van der Waals surface area contributed by atoms with E-state index in [-0.39, 0.29) is 11.6 Å². The van der Waals surface area contributed by atoms with Crippen LogP contribution in [-0.2, 0) is 6.54 Å². The minimum atomic E-state index is -0.319. The van der Waals surface area contributed by atoms with E-state index in [0.717, 1.165) is 19.6 Å². The first-order valence-corrected chi connectivity index (χ1v) is 5.50. The Morgan fingerprint density at radius 3 is 2.88 bits per heavy atom. The monoisotopic (exact) mass is 226 g/mol. The molecule has 0 spiro atoms. The quantitative estimate of drug-likeness (QED) is 0.723. The number of phenols is 1. The zero-order valence-electron chi connectivity index (χ0n) is 9.83. The first kappa shape index (κ1) is 12.9. The highest BCUT2D eigenvalue weighted by molar-refractivity contribution is 5.32. The van der Waals surface area contributed by atoms with Crippen LogP contribution in [0.15, 0.2) is 18.2 Å². The second kappa shape index (κ2) is 6.45. The Labute approximate surface area is 95.9 Å². The molecule has 1 aromatic carbocycles. The number of nitrogens with zero attached hydrogens (tertiary/aromatic N) is 1. The van der Waals surface area contributed by atoms with E-state index in [2.05, 4.69) is 17.1 Å². The van der Waals surface area contributed by atoms with Gasteiger partial charge in [-0.25, -0.2) is 4.39 Å². The summed E-state index contributed by atoms with van der Waals surface area (Å²) in [5.74, 6) is -0.182. The number of rotatable bonds is 6. The highest BCUT2D eigenvalue weighted by Crippen LogP contribution is 2.17. The van der Waals surface area contributed by atoms with E-state index in [1.54, 1.807) is 0 Å². The molecular formula is C12H19FN2O. The lowest BCUT2D eigenvalue weighted by Gasteiger charge is -2.14. The summed E-state index contributed by atoms with van der Waals surface area (Å²) in [6.07, 6.45) is 0.